The van der Waals surface area contributed by atoms with E-state index in [0.29, 0.717) is 6.54 Å². The predicted molar refractivity (Wildman–Crippen MR) is 107 cm³/mol. The first-order valence-electron chi connectivity index (χ1n) is 9.53. The molecule has 0 bridgehead atoms. The van der Waals surface area contributed by atoms with Crippen molar-refractivity contribution in [2.75, 3.05) is 13.7 Å². The Bertz CT molecular complexity index is 915. The molecule has 2 aliphatic heterocycles. The summed E-state index contributed by atoms with van der Waals surface area (Å²) in [4.78, 5) is 12.8. The Morgan fingerprint density at radius 2 is 2.22 bits per heavy atom. The van der Waals surface area contributed by atoms with Gasteiger partial charge in [-0.05, 0) is 0 Å². The van der Waals surface area contributed by atoms with Crippen molar-refractivity contribution in [3.63, 3.8) is 0 Å². The number of nitrogens with zero attached hydrogens (tertiary/aromatic N) is 1. The number of ether oxygens (including phenoxy) is 2. The average molecular weight is 430 g/mol. The van der Waals surface area contributed by atoms with Crippen molar-refractivity contribution in [2.24, 2.45) is 0 Å². The molecular formula is C21H25AsNO4. The second-order valence-corrected chi connectivity index (χ2v) is 9.60. The summed E-state index contributed by atoms with van der Waals surface area (Å²) < 4.78 is 13.8. The van der Waals surface area contributed by atoms with E-state index in [4.69, 9.17) is 9.47 Å². The number of rotatable bonds is 4. The number of hydrogen-bond acceptors (Lipinski definition) is 4. The quantitative estimate of drug-likeness (QED) is 0.757. The van der Waals surface area contributed by atoms with E-state index in [9.17, 15) is 9.90 Å². The SMILES string of the molecule is COc1ccc2c(c1)CCn1c-2c(C)c([As]CC2CCCCO2)c(O)c1=O. The zero-order chi connectivity index (χ0) is 19.0. The predicted octanol–water partition coefficient (Wildman–Crippen LogP) is 2.41. The molecule has 1 saturated heterocycles. The maximum atomic E-state index is 12.8. The summed E-state index contributed by atoms with van der Waals surface area (Å²) in [6.45, 7) is 3.46. The van der Waals surface area contributed by atoms with Crippen LogP contribution < -0.4 is 14.6 Å². The number of methoxy groups -OCH3 is 1. The van der Waals surface area contributed by atoms with Crippen molar-refractivity contribution in [2.45, 2.75) is 50.5 Å². The van der Waals surface area contributed by atoms with Crippen LogP contribution in [-0.4, -0.2) is 45.2 Å². The molecule has 2 aromatic rings. The van der Waals surface area contributed by atoms with E-state index in [-0.39, 0.29) is 33.2 Å². The van der Waals surface area contributed by atoms with Gasteiger partial charge in [0.25, 0.3) is 0 Å². The molecule has 1 atom stereocenters. The molecule has 4 rings (SSSR count). The van der Waals surface area contributed by atoms with E-state index in [0.717, 1.165) is 58.0 Å². The molecule has 143 valence electrons. The van der Waals surface area contributed by atoms with E-state index in [1.54, 1.807) is 11.7 Å². The number of aromatic nitrogens is 1. The molecule has 1 radical (unpaired) electrons. The van der Waals surface area contributed by atoms with Crippen LogP contribution in [0.5, 0.6) is 11.5 Å². The molecule has 0 saturated carbocycles. The second kappa shape index (κ2) is 7.73. The molecular weight excluding hydrogens is 405 g/mol. The summed E-state index contributed by atoms with van der Waals surface area (Å²) >= 11 is -0.318. The average Bonchev–Trinajstić information content (AvgIpc) is 2.71. The Balaban J connectivity index is 1.74. The molecule has 3 heterocycles. The summed E-state index contributed by atoms with van der Waals surface area (Å²) in [6, 6.07) is 6.03. The van der Waals surface area contributed by atoms with E-state index in [2.05, 4.69) is 6.07 Å². The zero-order valence-electron chi connectivity index (χ0n) is 15.8. The number of pyridine rings is 1. The molecule has 27 heavy (non-hydrogen) atoms. The van der Waals surface area contributed by atoms with Crippen LogP contribution in [0.4, 0.5) is 0 Å². The minimum atomic E-state index is -0.318. The first-order valence-corrected chi connectivity index (χ1v) is 11.8. The van der Waals surface area contributed by atoms with Crippen LogP contribution in [0.15, 0.2) is 23.0 Å². The molecule has 1 fully saturated rings. The van der Waals surface area contributed by atoms with Crippen LogP contribution in [0.3, 0.4) is 0 Å². The van der Waals surface area contributed by atoms with E-state index < -0.39 is 0 Å². The topological polar surface area (TPSA) is 60.7 Å². The summed E-state index contributed by atoms with van der Waals surface area (Å²) in [6.07, 6.45) is 4.47. The van der Waals surface area contributed by atoms with E-state index in [1.165, 1.54) is 12.0 Å². The number of aryl methyl sites for hydroxylation is 1. The van der Waals surface area contributed by atoms with Crippen molar-refractivity contribution < 1.29 is 14.6 Å². The second-order valence-electron chi connectivity index (χ2n) is 7.23. The molecule has 5 nitrogen and oxygen atoms in total. The van der Waals surface area contributed by atoms with Crippen LogP contribution in [0.2, 0.25) is 5.21 Å². The maximum absolute atomic E-state index is 12.8. The molecule has 1 N–H and O–H groups in total. The number of hydrogen-bond donors (Lipinski definition) is 1. The van der Waals surface area contributed by atoms with Gasteiger partial charge in [0.15, 0.2) is 0 Å². The van der Waals surface area contributed by atoms with Crippen molar-refractivity contribution in [1.29, 1.82) is 0 Å². The van der Waals surface area contributed by atoms with Gasteiger partial charge in [-0.1, -0.05) is 0 Å². The Hall–Kier alpha value is -1.71. The first kappa shape index (κ1) is 18.6. The van der Waals surface area contributed by atoms with Crippen molar-refractivity contribution in [3.8, 4) is 22.8 Å². The summed E-state index contributed by atoms with van der Waals surface area (Å²) in [5.74, 6) is 0.783. The van der Waals surface area contributed by atoms with E-state index >= 15 is 0 Å². The van der Waals surface area contributed by atoms with Crippen LogP contribution in [0.25, 0.3) is 11.3 Å². The van der Waals surface area contributed by atoms with Gasteiger partial charge in [-0.3, -0.25) is 0 Å². The third kappa shape index (κ3) is 3.43. The fourth-order valence-corrected chi connectivity index (χ4v) is 6.74. The van der Waals surface area contributed by atoms with Gasteiger partial charge < -0.3 is 0 Å². The molecule has 0 amide bonds. The third-order valence-electron chi connectivity index (χ3n) is 5.55. The fraction of sp³-hybridized carbons (Fsp3) is 0.476. The van der Waals surface area contributed by atoms with Crippen molar-refractivity contribution in [3.05, 3.63) is 39.7 Å². The normalized spacial score (nSPS) is 19.1. The molecule has 0 spiro atoms. The van der Waals surface area contributed by atoms with E-state index in [1.807, 2.05) is 19.1 Å². The Labute approximate surface area is 166 Å². The Morgan fingerprint density at radius 1 is 1.37 bits per heavy atom. The Morgan fingerprint density at radius 3 is 2.96 bits per heavy atom. The van der Waals surface area contributed by atoms with Crippen LogP contribution in [0, 0.1) is 6.92 Å². The van der Waals surface area contributed by atoms with Gasteiger partial charge in [0.1, 0.15) is 0 Å². The third-order valence-corrected chi connectivity index (χ3v) is 8.60. The number of fused-ring (bicyclic) bond motifs is 3. The summed E-state index contributed by atoms with van der Waals surface area (Å²) in [7, 11) is 1.67. The molecule has 1 aromatic carbocycles. The van der Waals surface area contributed by atoms with Crippen LogP contribution >= 0.6 is 0 Å². The standard InChI is InChI=1S/C21H25AsNO4/c1-13-18(22-12-16-5-3-4-10-27-16)20(24)21(25)23-9-8-14-11-15(26-2)6-7-17(14)19(13)23/h6-7,11,16,24H,3-5,8-10,12H2,1-2H3. The van der Waals surface area contributed by atoms with Gasteiger partial charge in [0.05, 0.1) is 0 Å². The van der Waals surface area contributed by atoms with Gasteiger partial charge in [0, 0.05) is 0 Å². The summed E-state index contributed by atoms with van der Waals surface area (Å²) in [5.41, 5.74) is 4.01. The zero-order valence-corrected chi connectivity index (χ0v) is 17.7. The van der Waals surface area contributed by atoms with Gasteiger partial charge in [-0.15, -0.1) is 0 Å². The van der Waals surface area contributed by atoms with Crippen LogP contribution in [-0.2, 0) is 17.7 Å². The molecule has 1 aromatic heterocycles. The molecule has 6 heteroatoms. The molecule has 0 aliphatic carbocycles. The number of aromatic hydroxyl groups is 1. The Kier molecular flexibility index (Phi) is 5.34. The fourth-order valence-electron chi connectivity index (χ4n) is 4.09. The van der Waals surface area contributed by atoms with Gasteiger partial charge >= 0.3 is 166 Å². The minimum absolute atomic E-state index is 0.0518. The molecule has 1 unspecified atom stereocenters. The van der Waals surface area contributed by atoms with Gasteiger partial charge in [-0.25, -0.2) is 0 Å². The summed E-state index contributed by atoms with van der Waals surface area (Å²) in [5, 5.41) is 11.6. The number of benzene rings is 1. The first-order chi connectivity index (χ1) is 13.1. The van der Waals surface area contributed by atoms with Gasteiger partial charge in [-0.2, -0.15) is 0 Å². The van der Waals surface area contributed by atoms with Crippen molar-refractivity contribution >= 4 is 20.1 Å². The monoisotopic (exact) mass is 430 g/mol. The van der Waals surface area contributed by atoms with Gasteiger partial charge in [0.2, 0.25) is 0 Å². The van der Waals surface area contributed by atoms with Crippen molar-refractivity contribution in [1.82, 2.24) is 4.57 Å². The van der Waals surface area contributed by atoms with Crippen LogP contribution in [0.1, 0.15) is 30.4 Å². The molecule has 2 aliphatic rings.